The molecule has 1 aliphatic heterocycles. The molecule has 2 atom stereocenters. The van der Waals surface area contributed by atoms with Crippen molar-refractivity contribution in [1.29, 1.82) is 0 Å². The van der Waals surface area contributed by atoms with E-state index in [1.165, 1.54) is 11.0 Å². The topological polar surface area (TPSA) is 63.4 Å². The first kappa shape index (κ1) is 14.1. The predicted molar refractivity (Wildman–Crippen MR) is 78.7 cm³/mol. The van der Waals surface area contributed by atoms with Gasteiger partial charge in [0.25, 0.3) is 0 Å². The number of likely N-dealkylation sites (tertiary alicyclic amines) is 1. The molecule has 2 unspecified atom stereocenters. The van der Waals surface area contributed by atoms with E-state index < -0.39 is 5.82 Å². The average molecular weight is 306 g/mol. The fraction of sp³-hybridized carbons (Fsp3) is 0.400. The van der Waals surface area contributed by atoms with E-state index in [4.69, 9.17) is 18.0 Å². The highest BCUT2D eigenvalue weighted by Gasteiger charge is 2.49. The number of thiocarbonyl (C=S) groups is 1. The quantitative estimate of drug-likeness (QED) is 0.682. The zero-order valence-corrected chi connectivity index (χ0v) is 12.2. The molecule has 2 amide bonds. The molecule has 1 aliphatic carbocycles. The molecule has 4 nitrogen and oxygen atoms in total. The minimum absolute atomic E-state index is 0.0368. The van der Waals surface area contributed by atoms with Gasteiger partial charge in [0, 0.05) is 11.1 Å². The predicted octanol–water partition coefficient (Wildman–Crippen LogP) is 1.75. The number of benzene rings is 1. The highest BCUT2D eigenvalue weighted by molar-refractivity contribution is 7.80. The van der Waals surface area contributed by atoms with Crippen molar-refractivity contribution in [2.24, 2.45) is 17.6 Å². The summed E-state index contributed by atoms with van der Waals surface area (Å²) in [6.07, 6.45) is 2.41. The molecule has 3 rings (SSSR count). The maximum absolute atomic E-state index is 14.3. The number of nitrogens with zero attached hydrogens (tertiary/aromatic N) is 1. The molecule has 2 fully saturated rings. The fourth-order valence-electron chi connectivity index (χ4n) is 3.28. The molecule has 1 saturated heterocycles. The van der Waals surface area contributed by atoms with Crippen LogP contribution < -0.4 is 5.73 Å². The van der Waals surface area contributed by atoms with Gasteiger partial charge in [0.05, 0.1) is 18.4 Å². The first-order valence-electron chi connectivity index (χ1n) is 6.93. The van der Waals surface area contributed by atoms with Gasteiger partial charge in [-0.1, -0.05) is 30.8 Å². The Morgan fingerprint density at radius 1 is 1.29 bits per heavy atom. The van der Waals surface area contributed by atoms with Crippen LogP contribution >= 0.6 is 12.2 Å². The van der Waals surface area contributed by atoms with Gasteiger partial charge >= 0.3 is 0 Å². The van der Waals surface area contributed by atoms with Crippen LogP contribution in [-0.2, 0) is 16.1 Å². The Balaban J connectivity index is 1.88. The number of carbonyl (C=O) groups excluding carboxylic acids is 2. The summed E-state index contributed by atoms with van der Waals surface area (Å²) in [4.78, 5) is 25.7. The van der Waals surface area contributed by atoms with Gasteiger partial charge in [-0.15, -0.1) is 0 Å². The Kier molecular flexibility index (Phi) is 3.49. The smallest absolute Gasteiger partial charge is 0.233 e. The minimum atomic E-state index is -0.553. The summed E-state index contributed by atoms with van der Waals surface area (Å²) >= 11 is 4.79. The first-order valence-corrected chi connectivity index (χ1v) is 7.34. The molecule has 1 saturated carbocycles. The summed E-state index contributed by atoms with van der Waals surface area (Å²) < 4.78 is 14.3. The number of halogens is 1. The van der Waals surface area contributed by atoms with Gasteiger partial charge in [-0.25, -0.2) is 4.39 Å². The zero-order valence-electron chi connectivity index (χ0n) is 11.3. The largest absolute Gasteiger partial charge is 0.389 e. The van der Waals surface area contributed by atoms with Crippen LogP contribution in [0.15, 0.2) is 18.2 Å². The van der Waals surface area contributed by atoms with Crippen molar-refractivity contribution in [3.63, 3.8) is 0 Å². The van der Waals surface area contributed by atoms with E-state index in [1.807, 2.05) is 0 Å². The highest BCUT2D eigenvalue weighted by atomic mass is 32.1. The van der Waals surface area contributed by atoms with Crippen molar-refractivity contribution < 1.29 is 14.0 Å². The third-order valence-electron chi connectivity index (χ3n) is 4.36. The molecule has 21 heavy (non-hydrogen) atoms. The van der Waals surface area contributed by atoms with Crippen LogP contribution in [0.2, 0.25) is 0 Å². The van der Waals surface area contributed by atoms with Crippen molar-refractivity contribution in [1.82, 2.24) is 4.90 Å². The Labute approximate surface area is 127 Å². The molecule has 1 aromatic rings. The average Bonchev–Trinajstić information content (AvgIpc) is 3.00. The van der Waals surface area contributed by atoms with Crippen molar-refractivity contribution in [2.45, 2.75) is 25.8 Å². The van der Waals surface area contributed by atoms with E-state index in [0.29, 0.717) is 0 Å². The second-order valence-corrected chi connectivity index (χ2v) is 5.99. The van der Waals surface area contributed by atoms with E-state index in [2.05, 4.69) is 0 Å². The van der Waals surface area contributed by atoms with Crippen molar-refractivity contribution in [3.8, 4) is 0 Å². The molecule has 1 heterocycles. The van der Waals surface area contributed by atoms with Crippen molar-refractivity contribution in [2.75, 3.05) is 0 Å². The van der Waals surface area contributed by atoms with Gasteiger partial charge < -0.3 is 5.73 Å². The van der Waals surface area contributed by atoms with Gasteiger partial charge in [0.15, 0.2) is 0 Å². The second kappa shape index (κ2) is 5.18. The summed E-state index contributed by atoms with van der Waals surface area (Å²) in [6, 6.07) is 4.66. The number of hydrogen-bond acceptors (Lipinski definition) is 3. The lowest BCUT2D eigenvalue weighted by molar-refractivity contribution is -0.141. The van der Waals surface area contributed by atoms with Gasteiger partial charge in [-0.05, 0) is 18.9 Å². The van der Waals surface area contributed by atoms with E-state index in [0.717, 1.165) is 19.3 Å². The standard InChI is InChI=1S/C15H15FN2O2S/c16-12-8(3-1-6-11(12)13(17)21)7-18-14(19)9-4-2-5-10(9)15(18)20/h1,3,6,9-10H,2,4-5,7H2,(H2,17,21). The van der Waals surface area contributed by atoms with Crippen LogP contribution in [0.25, 0.3) is 0 Å². The lowest BCUT2D eigenvalue weighted by Gasteiger charge is -2.17. The van der Waals surface area contributed by atoms with E-state index in [9.17, 15) is 14.0 Å². The summed E-state index contributed by atoms with van der Waals surface area (Å²) in [7, 11) is 0. The summed E-state index contributed by atoms with van der Waals surface area (Å²) in [5.41, 5.74) is 5.87. The lowest BCUT2D eigenvalue weighted by Crippen LogP contribution is -2.31. The zero-order chi connectivity index (χ0) is 15.1. The van der Waals surface area contributed by atoms with E-state index in [-0.39, 0.29) is 46.3 Å². The number of carbonyl (C=O) groups is 2. The maximum Gasteiger partial charge on any atom is 0.233 e. The van der Waals surface area contributed by atoms with Crippen molar-refractivity contribution >= 4 is 29.0 Å². The fourth-order valence-corrected chi connectivity index (χ4v) is 3.44. The Hall–Kier alpha value is -1.82. The molecular formula is C15H15FN2O2S. The Morgan fingerprint density at radius 3 is 2.48 bits per heavy atom. The van der Waals surface area contributed by atoms with Gasteiger partial charge in [-0.2, -0.15) is 0 Å². The van der Waals surface area contributed by atoms with Crippen molar-refractivity contribution in [3.05, 3.63) is 35.1 Å². The molecule has 0 bridgehead atoms. The number of imide groups is 1. The van der Waals surface area contributed by atoms with Gasteiger partial charge in [0.1, 0.15) is 10.8 Å². The van der Waals surface area contributed by atoms with Crippen LogP contribution in [0.3, 0.4) is 0 Å². The number of rotatable bonds is 3. The second-order valence-electron chi connectivity index (χ2n) is 5.55. The molecule has 0 radical (unpaired) electrons. The molecule has 6 heteroatoms. The minimum Gasteiger partial charge on any atom is -0.389 e. The van der Waals surface area contributed by atoms with Crippen LogP contribution in [0.5, 0.6) is 0 Å². The lowest BCUT2D eigenvalue weighted by atomic mass is 10.00. The molecule has 2 N–H and O–H groups in total. The molecule has 0 aromatic heterocycles. The highest BCUT2D eigenvalue weighted by Crippen LogP contribution is 2.40. The van der Waals surface area contributed by atoms with E-state index >= 15 is 0 Å². The molecule has 1 aromatic carbocycles. The summed E-state index contributed by atoms with van der Waals surface area (Å²) in [5, 5.41) is 0. The van der Waals surface area contributed by atoms with Gasteiger partial charge in [0.2, 0.25) is 11.8 Å². The normalized spacial score (nSPS) is 24.5. The van der Waals surface area contributed by atoms with Crippen LogP contribution in [0.1, 0.15) is 30.4 Å². The number of amides is 2. The van der Waals surface area contributed by atoms with Crippen LogP contribution in [-0.4, -0.2) is 21.7 Å². The monoisotopic (exact) mass is 306 g/mol. The molecular weight excluding hydrogens is 291 g/mol. The first-order chi connectivity index (χ1) is 10.0. The number of nitrogens with two attached hydrogens (primary N) is 1. The SMILES string of the molecule is NC(=S)c1cccc(CN2C(=O)C3CCCC3C2=O)c1F. The molecule has 110 valence electrons. The summed E-state index contributed by atoms with van der Waals surface area (Å²) in [5.74, 6) is -1.33. The Bertz CT molecular complexity index is 625. The van der Waals surface area contributed by atoms with E-state index in [1.54, 1.807) is 12.1 Å². The van der Waals surface area contributed by atoms with Crippen LogP contribution in [0, 0.1) is 17.7 Å². The van der Waals surface area contributed by atoms with Gasteiger partial charge in [-0.3, -0.25) is 14.5 Å². The molecule has 2 aliphatic rings. The Morgan fingerprint density at radius 2 is 1.90 bits per heavy atom. The molecule has 0 spiro atoms. The third-order valence-corrected chi connectivity index (χ3v) is 4.57. The maximum atomic E-state index is 14.3. The number of fused-ring (bicyclic) bond motifs is 1. The third kappa shape index (κ3) is 2.23. The summed E-state index contributed by atoms with van der Waals surface area (Å²) in [6.45, 7) is -0.0487. The van der Waals surface area contributed by atoms with Crippen LogP contribution in [0.4, 0.5) is 4.39 Å². The number of hydrogen-bond donors (Lipinski definition) is 1.